The molecule has 2 N–H and O–H groups in total. The molecule has 0 fully saturated rings. The van der Waals surface area contributed by atoms with Crippen LogP contribution in [0.25, 0.3) is 5.69 Å². The third kappa shape index (κ3) is 3.90. The zero-order chi connectivity index (χ0) is 16.9. The highest BCUT2D eigenvalue weighted by Gasteiger charge is 2.09. The molecule has 3 aromatic rings. The fraction of sp³-hybridized carbons (Fsp3) is 0.0588. The van der Waals surface area contributed by atoms with Crippen LogP contribution < -0.4 is 10.0 Å². The van der Waals surface area contributed by atoms with Crippen molar-refractivity contribution in [2.24, 2.45) is 0 Å². The summed E-state index contributed by atoms with van der Waals surface area (Å²) in [7, 11) is 0. The van der Waals surface area contributed by atoms with Crippen LogP contribution in [-0.4, -0.2) is 21.9 Å². The van der Waals surface area contributed by atoms with E-state index in [2.05, 4.69) is 15.1 Å². The zero-order valence-corrected chi connectivity index (χ0v) is 14.4. The summed E-state index contributed by atoms with van der Waals surface area (Å²) in [6.45, 7) is 0. The summed E-state index contributed by atoms with van der Waals surface area (Å²) in [5.74, 6) is -0.207. The standard InChI is InChI=1S/C17H15ClN4OS/c1-24-21-15-10-13(18)9-14(11-15)20-17(23)12-4-2-5-16(8-12)22-7-3-6-19-22/h2-11,21H,1H3,(H,20,23). The van der Waals surface area contributed by atoms with Gasteiger partial charge in [0.15, 0.2) is 0 Å². The average molecular weight is 359 g/mol. The highest BCUT2D eigenvalue weighted by atomic mass is 35.5. The number of carbonyl (C=O) groups excluding carboxylic acids is 1. The van der Waals surface area contributed by atoms with Gasteiger partial charge < -0.3 is 10.0 Å². The van der Waals surface area contributed by atoms with Gasteiger partial charge in [-0.25, -0.2) is 4.68 Å². The molecule has 3 rings (SSSR count). The molecule has 0 radical (unpaired) electrons. The lowest BCUT2D eigenvalue weighted by Crippen LogP contribution is -2.12. The van der Waals surface area contributed by atoms with Gasteiger partial charge in [0, 0.05) is 40.6 Å². The summed E-state index contributed by atoms with van der Waals surface area (Å²) in [5.41, 5.74) is 2.83. The van der Waals surface area contributed by atoms with E-state index in [1.54, 1.807) is 35.1 Å². The van der Waals surface area contributed by atoms with Crippen LogP contribution in [0.15, 0.2) is 60.9 Å². The van der Waals surface area contributed by atoms with Crippen molar-refractivity contribution in [2.75, 3.05) is 16.3 Å². The molecule has 0 unspecified atom stereocenters. The molecule has 0 spiro atoms. The van der Waals surface area contributed by atoms with Crippen molar-refractivity contribution < 1.29 is 4.79 Å². The second-order valence-electron chi connectivity index (χ2n) is 4.99. The van der Waals surface area contributed by atoms with Gasteiger partial charge in [0.25, 0.3) is 5.91 Å². The number of nitrogens with zero attached hydrogens (tertiary/aromatic N) is 2. The molecule has 2 aromatic carbocycles. The van der Waals surface area contributed by atoms with E-state index < -0.39 is 0 Å². The maximum absolute atomic E-state index is 12.5. The van der Waals surface area contributed by atoms with Gasteiger partial charge in [-0.3, -0.25) is 4.79 Å². The minimum absolute atomic E-state index is 0.207. The molecule has 0 atom stereocenters. The molecule has 1 aromatic heterocycles. The number of hydrogen-bond donors (Lipinski definition) is 2. The van der Waals surface area contributed by atoms with E-state index in [4.69, 9.17) is 11.6 Å². The van der Waals surface area contributed by atoms with Crippen LogP contribution in [0.4, 0.5) is 11.4 Å². The van der Waals surface area contributed by atoms with E-state index in [0.717, 1.165) is 11.4 Å². The van der Waals surface area contributed by atoms with Crippen LogP contribution >= 0.6 is 23.5 Å². The number of aromatic nitrogens is 2. The van der Waals surface area contributed by atoms with Gasteiger partial charge in [0.05, 0.1) is 5.69 Å². The Morgan fingerprint density at radius 2 is 2.00 bits per heavy atom. The molecule has 0 saturated heterocycles. The van der Waals surface area contributed by atoms with Crippen LogP contribution in [0.3, 0.4) is 0 Å². The van der Waals surface area contributed by atoms with Gasteiger partial charge in [-0.05, 0) is 42.5 Å². The fourth-order valence-electron chi connectivity index (χ4n) is 2.25. The first kappa shape index (κ1) is 16.4. The molecule has 1 amide bonds. The highest BCUT2D eigenvalue weighted by Crippen LogP contribution is 2.24. The van der Waals surface area contributed by atoms with Crippen molar-refractivity contribution in [3.05, 3.63) is 71.5 Å². The van der Waals surface area contributed by atoms with Gasteiger partial charge in [0.2, 0.25) is 0 Å². The molecule has 0 aliphatic rings. The SMILES string of the molecule is CSNc1cc(Cl)cc(NC(=O)c2cccc(-n3cccn3)c2)c1. The van der Waals surface area contributed by atoms with Crippen molar-refractivity contribution in [1.29, 1.82) is 0 Å². The molecule has 0 saturated carbocycles. The number of rotatable bonds is 5. The number of benzene rings is 2. The van der Waals surface area contributed by atoms with Crippen molar-refractivity contribution in [1.82, 2.24) is 9.78 Å². The van der Waals surface area contributed by atoms with Crippen molar-refractivity contribution in [3.8, 4) is 5.69 Å². The summed E-state index contributed by atoms with van der Waals surface area (Å²) in [5, 5.41) is 7.59. The molecule has 5 nitrogen and oxygen atoms in total. The average Bonchev–Trinajstić information content (AvgIpc) is 3.09. The molecule has 24 heavy (non-hydrogen) atoms. The fourth-order valence-corrected chi connectivity index (χ4v) is 2.84. The second-order valence-corrected chi connectivity index (χ2v) is 6.04. The van der Waals surface area contributed by atoms with Gasteiger partial charge in [-0.1, -0.05) is 29.6 Å². The normalized spacial score (nSPS) is 10.4. The van der Waals surface area contributed by atoms with E-state index in [0.29, 0.717) is 16.3 Å². The van der Waals surface area contributed by atoms with Crippen LogP contribution in [0.5, 0.6) is 0 Å². The van der Waals surface area contributed by atoms with E-state index in [9.17, 15) is 4.79 Å². The quantitative estimate of drug-likeness (QED) is 0.661. The smallest absolute Gasteiger partial charge is 0.255 e. The number of nitrogens with one attached hydrogen (secondary N) is 2. The van der Waals surface area contributed by atoms with E-state index in [1.165, 1.54) is 11.9 Å². The molecule has 0 aliphatic heterocycles. The van der Waals surface area contributed by atoms with Gasteiger partial charge in [-0.2, -0.15) is 5.10 Å². The highest BCUT2D eigenvalue weighted by molar-refractivity contribution is 7.99. The maximum atomic E-state index is 12.5. The topological polar surface area (TPSA) is 58.9 Å². The first-order chi connectivity index (χ1) is 11.7. The lowest BCUT2D eigenvalue weighted by Gasteiger charge is -2.10. The number of anilines is 2. The minimum Gasteiger partial charge on any atom is -0.330 e. The monoisotopic (exact) mass is 358 g/mol. The lowest BCUT2D eigenvalue weighted by molar-refractivity contribution is 0.102. The largest absolute Gasteiger partial charge is 0.330 e. The van der Waals surface area contributed by atoms with Gasteiger partial charge in [-0.15, -0.1) is 0 Å². The predicted octanol–water partition coefficient (Wildman–Crippen LogP) is 4.47. The number of carbonyl (C=O) groups is 1. The van der Waals surface area contributed by atoms with Crippen LogP contribution in [0.1, 0.15) is 10.4 Å². The zero-order valence-electron chi connectivity index (χ0n) is 12.9. The minimum atomic E-state index is -0.207. The number of amides is 1. The molecule has 122 valence electrons. The Balaban J connectivity index is 1.81. The van der Waals surface area contributed by atoms with Crippen molar-refractivity contribution in [3.63, 3.8) is 0 Å². The Morgan fingerprint density at radius 1 is 1.17 bits per heavy atom. The Bertz CT molecular complexity index is 852. The molecule has 1 heterocycles. The number of halogens is 1. The maximum Gasteiger partial charge on any atom is 0.255 e. The van der Waals surface area contributed by atoms with Crippen LogP contribution in [0.2, 0.25) is 5.02 Å². The van der Waals surface area contributed by atoms with Crippen molar-refractivity contribution in [2.45, 2.75) is 0 Å². The predicted molar refractivity (Wildman–Crippen MR) is 100 cm³/mol. The second kappa shape index (κ2) is 7.42. The molecular formula is C17H15ClN4OS. The Kier molecular flexibility index (Phi) is 5.08. The van der Waals surface area contributed by atoms with E-state index in [-0.39, 0.29) is 5.91 Å². The Labute approximate surface area is 149 Å². The van der Waals surface area contributed by atoms with Crippen LogP contribution in [-0.2, 0) is 0 Å². The summed E-state index contributed by atoms with van der Waals surface area (Å²) >= 11 is 7.55. The summed E-state index contributed by atoms with van der Waals surface area (Å²) in [6, 6.07) is 14.4. The van der Waals surface area contributed by atoms with E-state index >= 15 is 0 Å². The first-order valence-corrected chi connectivity index (χ1v) is 8.77. The third-order valence-corrected chi connectivity index (χ3v) is 3.91. The molecular weight excluding hydrogens is 344 g/mol. The van der Waals surface area contributed by atoms with Crippen LogP contribution in [0, 0.1) is 0 Å². The van der Waals surface area contributed by atoms with Gasteiger partial charge >= 0.3 is 0 Å². The molecule has 0 aliphatic carbocycles. The Morgan fingerprint density at radius 3 is 2.75 bits per heavy atom. The molecule has 7 heteroatoms. The third-order valence-electron chi connectivity index (χ3n) is 3.25. The first-order valence-electron chi connectivity index (χ1n) is 7.17. The van der Waals surface area contributed by atoms with Crippen molar-refractivity contribution >= 4 is 40.8 Å². The summed E-state index contributed by atoms with van der Waals surface area (Å²) in [6.07, 6.45) is 5.44. The Hall–Kier alpha value is -2.44. The summed E-state index contributed by atoms with van der Waals surface area (Å²) < 4.78 is 4.80. The van der Waals surface area contributed by atoms with E-state index in [1.807, 2.05) is 36.7 Å². The lowest BCUT2D eigenvalue weighted by atomic mass is 10.2. The number of hydrogen-bond acceptors (Lipinski definition) is 4. The van der Waals surface area contributed by atoms with Gasteiger partial charge in [0.1, 0.15) is 0 Å². The molecule has 0 bridgehead atoms. The summed E-state index contributed by atoms with van der Waals surface area (Å²) in [4.78, 5) is 12.5.